The Labute approximate surface area is 102 Å². The normalized spacial score (nSPS) is 19.4. The standard InChI is InChI=1S/C12H14F3NO2/c13-12(14,15)18-9-4-2-1-3-8(9)10(16)11(17)7-5-6-7/h1-4,7,10-11,17H,5-6,16H2/t10-,11+/m0/s1. The van der Waals surface area contributed by atoms with E-state index in [2.05, 4.69) is 4.74 Å². The van der Waals surface area contributed by atoms with Crippen LogP contribution in [0.4, 0.5) is 13.2 Å². The lowest BCUT2D eigenvalue weighted by Gasteiger charge is -2.22. The molecule has 6 heteroatoms. The van der Waals surface area contributed by atoms with Gasteiger partial charge in [0.05, 0.1) is 12.1 Å². The van der Waals surface area contributed by atoms with E-state index in [1.165, 1.54) is 18.2 Å². The quantitative estimate of drug-likeness (QED) is 0.874. The Kier molecular flexibility index (Phi) is 3.49. The summed E-state index contributed by atoms with van der Waals surface area (Å²) in [4.78, 5) is 0. The van der Waals surface area contributed by atoms with Crippen LogP contribution in [0.25, 0.3) is 0 Å². The first-order valence-corrected chi connectivity index (χ1v) is 5.67. The molecule has 0 bridgehead atoms. The van der Waals surface area contributed by atoms with Gasteiger partial charge in [0.2, 0.25) is 0 Å². The first-order valence-electron chi connectivity index (χ1n) is 5.67. The molecule has 0 spiro atoms. The van der Waals surface area contributed by atoms with Crippen molar-refractivity contribution in [2.75, 3.05) is 0 Å². The van der Waals surface area contributed by atoms with Crippen LogP contribution in [0, 0.1) is 5.92 Å². The van der Waals surface area contributed by atoms with Gasteiger partial charge in [0, 0.05) is 5.56 Å². The van der Waals surface area contributed by atoms with Crippen LogP contribution < -0.4 is 10.5 Å². The number of aliphatic hydroxyl groups is 1. The molecule has 18 heavy (non-hydrogen) atoms. The number of rotatable bonds is 4. The molecular formula is C12H14F3NO2. The number of hydrogen-bond donors (Lipinski definition) is 2. The Balaban J connectivity index is 2.20. The van der Waals surface area contributed by atoms with Crippen LogP contribution in [0.15, 0.2) is 24.3 Å². The molecule has 1 aromatic rings. The third kappa shape index (κ3) is 3.14. The van der Waals surface area contributed by atoms with Crippen molar-refractivity contribution in [1.82, 2.24) is 0 Å². The maximum Gasteiger partial charge on any atom is 0.573 e. The van der Waals surface area contributed by atoms with Crippen LogP contribution in [-0.4, -0.2) is 17.6 Å². The van der Waals surface area contributed by atoms with E-state index in [-0.39, 0.29) is 17.2 Å². The minimum absolute atomic E-state index is 0.0824. The van der Waals surface area contributed by atoms with Gasteiger partial charge in [-0.1, -0.05) is 18.2 Å². The highest BCUT2D eigenvalue weighted by molar-refractivity contribution is 5.36. The van der Waals surface area contributed by atoms with Crippen LogP contribution in [0.3, 0.4) is 0 Å². The van der Waals surface area contributed by atoms with Gasteiger partial charge < -0.3 is 15.6 Å². The molecule has 1 fully saturated rings. The fourth-order valence-electron chi connectivity index (χ4n) is 1.89. The van der Waals surface area contributed by atoms with E-state index in [1.807, 2.05) is 0 Å². The Hall–Kier alpha value is -1.27. The van der Waals surface area contributed by atoms with Crippen molar-refractivity contribution in [3.8, 4) is 5.75 Å². The average molecular weight is 261 g/mol. The summed E-state index contributed by atoms with van der Waals surface area (Å²) >= 11 is 0. The van der Waals surface area contributed by atoms with E-state index in [9.17, 15) is 18.3 Å². The first kappa shape index (κ1) is 13.2. The fourth-order valence-corrected chi connectivity index (χ4v) is 1.89. The molecule has 3 nitrogen and oxygen atoms in total. The number of halogens is 3. The van der Waals surface area contributed by atoms with Gasteiger partial charge in [-0.05, 0) is 24.8 Å². The monoisotopic (exact) mass is 261 g/mol. The Bertz CT molecular complexity index is 418. The molecule has 2 atom stereocenters. The summed E-state index contributed by atoms with van der Waals surface area (Å²) in [6.07, 6.45) is -3.88. The van der Waals surface area contributed by atoms with Crippen LogP contribution in [-0.2, 0) is 0 Å². The van der Waals surface area contributed by atoms with E-state index in [4.69, 9.17) is 5.73 Å². The summed E-state index contributed by atoms with van der Waals surface area (Å²) in [5.74, 6) is -0.267. The number of ether oxygens (including phenoxy) is 1. The molecule has 2 rings (SSSR count). The van der Waals surface area contributed by atoms with Gasteiger partial charge in [-0.15, -0.1) is 13.2 Å². The smallest absolute Gasteiger partial charge is 0.405 e. The van der Waals surface area contributed by atoms with Gasteiger partial charge in [0.15, 0.2) is 0 Å². The molecule has 0 aliphatic heterocycles. The Morgan fingerprint density at radius 2 is 1.89 bits per heavy atom. The molecular weight excluding hydrogens is 247 g/mol. The third-order valence-corrected chi connectivity index (χ3v) is 2.98. The van der Waals surface area contributed by atoms with E-state index in [0.29, 0.717) is 0 Å². The fraction of sp³-hybridized carbons (Fsp3) is 0.500. The number of para-hydroxylation sites is 1. The molecule has 1 saturated carbocycles. The van der Waals surface area contributed by atoms with Gasteiger partial charge in [0.25, 0.3) is 0 Å². The highest BCUT2D eigenvalue weighted by Gasteiger charge is 2.37. The van der Waals surface area contributed by atoms with Crippen LogP contribution in [0.5, 0.6) is 5.75 Å². The SMILES string of the molecule is N[C@@H](c1ccccc1OC(F)(F)F)[C@H](O)C1CC1. The second-order valence-electron chi connectivity index (χ2n) is 4.44. The second-order valence-corrected chi connectivity index (χ2v) is 4.44. The maximum absolute atomic E-state index is 12.2. The van der Waals surface area contributed by atoms with Crippen LogP contribution in [0.2, 0.25) is 0 Å². The molecule has 0 aromatic heterocycles. The molecule has 0 amide bonds. The Morgan fingerprint density at radius 3 is 2.44 bits per heavy atom. The summed E-state index contributed by atoms with van der Waals surface area (Å²) in [6, 6.07) is 4.77. The van der Waals surface area contributed by atoms with Gasteiger partial charge in [-0.2, -0.15) is 0 Å². The van der Waals surface area contributed by atoms with Gasteiger partial charge in [-0.3, -0.25) is 0 Å². The molecule has 0 heterocycles. The summed E-state index contributed by atoms with van der Waals surface area (Å²) in [5.41, 5.74) is 5.98. The van der Waals surface area contributed by atoms with E-state index < -0.39 is 18.5 Å². The van der Waals surface area contributed by atoms with Crippen molar-refractivity contribution >= 4 is 0 Å². The van der Waals surface area contributed by atoms with E-state index >= 15 is 0 Å². The van der Waals surface area contributed by atoms with E-state index in [0.717, 1.165) is 12.8 Å². The molecule has 1 aromatic carbocycles. The Morgan fingerprint density at radius 1 is 1.28 bits per heavy atom. The third-order valence-electron chi connectivity index (χ3n) is 2.98. The number of alkyl halides is 3. The van der Waals surface area contributed by atoms with Crippen LogP contribution >= 0.6 is 0 Å². The van der Waals surface area contributed by atoms with Crippen molar-refractivity contribution in [3.05, 3.63) is 29.8 Å². The van der Waals surface area contributed by atoms with Gasteiger partial charge >= 0.3 is 6.36 Å². The highest BCUT2D eigenvalue weighted by Crippen LogP contribution is 2.39. The molecule has 0 radical (unpaired) electrons. The zero-order valence-corrected chi connectivity index (χ0v) is 9.52. The van der Waals surface area contributed by atoms with E-state index in [1.54, 1.807) is 6.07 Å². The summed E-state index contributed by atoms with van der Waals surface area (Å²) in [7, 11) is 0. The van der Waals surface area contributed by atoms with Crippen molar-refractivity contribution in [2.45, 2.75) is 31.3 Å². The largest absolute Gasteiger partial charge is 0.573 e. The lowest BCUT2D eigenvalue weighted by molar-refractivity contribution is -0.275. The predicted molar refractivity (Wildman–Crippen MR) is 58.8 cm³/mol. The zero-order chi connectivity index (χ0) is 13.3. The first-order chi connectivity index (χ1) is 8.38. The minimum atomic E-state index is -4.76. The number of aliphatic hydroxyl groups excluding tert-OH is 1. The lowest BCUT2D eigenvalue weighted by Crippen LogP contribution is -2.29. The lowest BCUT2D eigenvalue weighted by atomic mass is 9.98. The molecule has 0 saturated heterocycles. The molecule has 3 N–H and O–H groups in total. The summed E-state index contributed by atoms with van der Waals surface area (Å²) in [5, 5.41) is 9.87. The minimum Gasteiger partial charge on any atom is -0.405 e. The van der Waals surface area contributed by atoms with Crippen molar-refractivity contribution in [1.29, 1.82) is 0 Å². The molecule has 0 unspecified atom stereocenters. The topological polar surface area (TPSA) is 55.5 Å². The maximum atomic E-state index is 12.2. The highest BCUT2D eigenvalue weighted by atomic mass is 19.4. The molecule has 100 valence electrons. The van der Waals surface area contributed by atoms with Gasteiger partial charge in [0.1, 0.15) is 5.75 Å². The number of nitrogens with two attached hydrogens (primary N) is 1. The second kappa shape index (κ2) is 4.78. The number of hydrogen-bond acceptors (Lipinski definition) is 3. The molecule has 1 aliphatic carbocycles. The zero-order valence-electron chi connectivity index (χ0n) is 9.52. The van der Waals surface area contributed by atoms with Crippen molar-refractivity contribution in [2.24, 2.45) is 11.7 Å². The van der Waals surface area contributed by atoms with Gasteiger partial charge in [-0.25, -0.2) is 0 Å². The predicted octanol–water partition coefficient (Wildman–Crippen LogP) is 2.36. The summed E-state index contributed by atoms with van der Waals surface area (Å²) in [6.45, 7) is 0. The summed E-state index contributed by atoms with van der Waals surface area (Å²) < 4.78 is 40.6. The van der Waals surface area contributed by atoms with Crippen LogP contribution in [0.1, 0.15) is 24.4 Å². The van der Waals surface area contributed by atoms with Crippen molar-refractivity contribution in [3.63, 3.8) is 0 Å². The van der Waals surface area contributed by atoms with Crippen molar-refractivity contribution < 1.29 is 23.0 Å². The average Bonchev–Trinajstić information content (AvgIpc) is 3.09. The number of benzene rings is 1. The molecule has 1 aliphatic rings.